The summed E-state index contributed by atoms with van der Waals surface area (Å²) in [6, 6.07) is 0.539. The number of methoxy groups -OCH3 is 1. The lowest BCUT2D eigenvalue weighted by Gasteiger charge is -2.10. The summed E-state index contributed by atoms with van der Waals surface area (Å²) in [7, 11) is 1.79. The Morgan fingerprint density at radius 2 is 2.25 bits per heavy atom. The average Bonchev–Trinajstić information content (AvgIpc) is 2.84. The van der Waals surface area contributed by atoms with Crippen molar-refractivity contribution in [1.82, 2.24) is 10.3 Å². The van der Waals surface area contributed by atoms with Crippen molar-refractivity contribution in [1.29, 1.82) is 0 Å². The van der Waals surface area contributed by atoms with E-state index in [-0.39, 0.29) is 0 Å². The summed E-state index contributed by atoms with van der Waals surface area (Å²) in [4.78, 5) is 4.35. The quantitative estimate of drug-likeness (QED) is 0.849. The van der Waals surface area contributed by atoms with Crippen LogP contribution in [0.5, 0.6) is 0 Å². The molecule has 0 radical (unpaired) electrons. The Morgan fingerprint density at radius 1 is 1.44 bits per heavy atom. The van der Waals surface area contributed by atoms with Gasteiger partial charge in [-0.15, -0.1) is 0 Å². The van der Waals surface area contributed by atoms with Crippen molar-refractivity contribution in [2.45, 2.75) is 51.8 Å². The standard InChI is InChI=1S/C12H20N2O2/c1-8-9(2)16-12(14-8)7-13-10-4-5-11(6-10)15-3/h10-11,13H,4-7H2,1-3H3. The third-order valence-electron chi connectivity index (χ3n) is 3.33. The Bertz CT molecular complexity index is 329. The maximum absolute atomic E-state index is 5.52. The zero-order valence-corrected chi connectivity index (χ0v) is 10.2. The van der Waals surface area contributed by atoms with Gasteiger partial charge in [0.1, 0.15) is 5.76 Å². The van der Waals surface area contributed by atoms with Crippen LogP contribution in [0.1, 0.15) is 36.6 Å². The smallest absolute Gasteiger partial charge is 0.208 e. The number of nitrogens with one attached hydrogen (secondary N) is 1. The summed E-state index contributed by atoms with van der Waals surface area (Å²) >= 11 is 0. The Hall–Kier alpha value is -0.870. The van der Waals surface area contributed by atoms with Crippen LogP contribution < -0.4 is 5.32 Å². The molecule has 0 aliphatic heterocycles. The van der Waals surface area contributed by atoms with Crippen LogP contribution in [0.15, 0.2) is 4.42 Å². The molecule has 1 N–H and O–H groups in total. The molecule has 0 bridgehead atoms. The van der Waals surface area contributed by atoms with E-state index < -0.39 is 0 Å². The van der Waals surface area contributed by atoms with Crippen LogP contribution in [0.2, 0.25) is 0 Å². The highest BCUT2D eigenvalue weighted by Crippen LogP contribution is 2.21. The van der Waals surface area contributed by atoms with E-state index in [1.54, 1.807) is 7.11 Å². The van der Waals surface area contributed by atoms with Gasteiger partial charge in [-0.25, -0.2) is 4.98 Å². The second-order valence-corrected chi connectivity index (χ2v) is 4.50. The maximum atomic E-state index is 5.52. The molecule has 0 spiro atoms. The lowest BCUT2D eigenvalue weighted by atomic mass is 10.2. The summed E-state index contributed by atoms with van der Waals surface area (Å²) in [5.41, 5.74) is 0.984. The van der Waals surface area contributed by atoms with Gasteiger partial charge in [0.25, 0.3) is 0 Å². The van der Waals surface area contributed by atoms with E-state index in [9.17, 15) is 0 Å². The first-order valence-electron chi connectivity index (χ1n) is 5.88. The van der Waals surface area contributed by atoms with Crippen LogP contribution in [0.25, 0.3) is 0 Å². The minimum atomic E-state index is 0.422. The Balaban J connectivity index is 1.79. The highest BCUT2D eigenvalue weighted by molar-refractivity contribution is 5.05. The molecule has 0 saturated heterocycles. The van der Waals surface area contributed by atoms with Gasteiger partial charge in [0, 0.05) is 13.2 Å². The third-order valence-corrected chi connectivity index (χ3v) is 3.33. The Kier molecular flexibility index (Phi) is 3.61. The van der Waals surface area contributed by atoms with Crippen molar-refractivity contribution in [2.24, 2.45) is 0 Å². The summed E-state index contributed by atoms with van der Waals surface area (Å²) in [6.45, 7) is 4.64. The van der Waals surface area contributed by atoms with Gasteiger partial charge in [-0.05, 0) is 33.1 Å². The zero-order valence-electron chi connectivity index (χ0n) is 10.2. The van der Waals surface area contributed by atoms with E-state index in [0.29, 0.717) is 12.1 Å². The van der Waals surface area contributed by atoms with Crippen molar-refractivity contribution >= 4 is 0 Å². The van der Waals surface area contributed by atoms with Crippen LogP contribution in [0, 0.1) is 13.8 Å². The van der Waals surface area contributed by atoms with E-state index in [4.69, 9.17) is 9.15 Å². The molecule has 1 aromatic rings. The molecular formula is C12H20N2O2. The molecule has 4 nitrogen and oxygen atoms in total. The van der Waals surface area contributed by atoms with Crippen molar-refractivity contribution < 1.29 is 9.15 Å². The van der Waals surface area contributed by atoms with Crippen LogP contribution in [0.3, 0.4) is 0 Å². The van der Waals surface area contributed by atoms with Crippen LogP contribution >= 0.6 is 0 Å². The zero-order chi connectivity index (χ0) is 11.5. The fraction of sp³-hybridized carbons (Fsp3) is 0.750. The third kappa shape index (κ3) is 2.62. The molecule has 0 aromatic carbocycles. The van der Waals surface area contributed by atoms with E-state index in [0.717, 1.165) is 36.7 Å². The first-order chi connectivity index (χ1) is 7.69. The van der Waals surface area contributed by atoms with E-state index in [1.807, 2.05) is 13.8 Å². The lowest BCUT2D eigenvalue weighted by molar-refractivity contribution is 0.107. The van der Waals surface area contributed by atoms with E-state index >= 15 is 0 Å². The van der Waals surface area contributed by atoms with Crippen molar-refractivity contribution in [3.63, 3.8) is 0 Å². The predicted molar refractivity (Wildman–Crippen MR) is 61.3 cm³/mol. The van der Waals surface area contributed by atoms with Gasteiger partial charge in [0.15, 0.2) is 0 Å². The second-order valence-electron chi connectivity index (χ2n) is 4.50. The van der Waals surface area contributed by atoms with Crippen LogP contribution in [-0.2, 0) is 11.3 Å². The van der Waals surface area contributed by atoms with Crippen molar-refractivity contribution in [3.05, 3.63) is 17.3 Å². The minimum absolute atomic E-state index is 0.422. The molecule has 1 aliphatic rings. The first kappa shape index (κ1) is 11.6. The number of nitrogens with zero attached hydrogens (tertiary/aromatic N) is 1. The number of hydrogen-bond acceptors (Lipinski definition) is 4. The van der Waals surface area contributed by atoms with Gasteiger partial charge >= 0.3 is 0 Å². The average molecular weight is 224 g/mol. The highest BCUT2D eigenvalue weighted by atomic mass is 16.5. The molecule has 1 fully saturated rings. The van der Waals surface area contributed by atoms with Gasteiger partial charge in [-0.2, -0.15) is 0 Å². The topological polar surface area (TPSA) is 47.3 Å². The van der Waals surface area contributed by atoms with Crippen molar-refractivity contribution in [3.8, 4) is 0 Å². The highest BCUT2D eigenvalue weighted by Gasteiger charge is 2.24. The predicted octanol–water partition coefficient (Wildman–Crippen LogP) is 1.95. The summed E-state index contributed by atoms with van der Waals surface area (Å²) in [5.74, 6) is 1.70. The molecular weight excluding hydrogens is 204 g/mol. The van der Waals surface area contributed by atoms with Gasteiger partial charge < -0.3 is 14.5 Å². The number of hydrogen-bond donors (Lipinski definition) is 1. The van der Waals surface area contributed by atoms with Crippen LogP contribution in [-0.4, -0.2) is 24.2 Å². The minimum Gasteiger partial charge on any atom is -0.444 e. The second kappa shape index (κ2) is 4.97. The van der Waals surface area contributed by atoms with Gasteiger partial charge in [0.2, 0.25) is 5.89 Å². The molecule has 2 atom stereocenters. The fourth-order valence-corrected chi connectivity index (χ4v) is 2.19. The largest absolute Gasteiger partial charge is 0.444 e. The SMILES string of the molecule is COC1CCC(NCc2nc(C)c(C)o2)C1. The maximum Gasteiger partial charge on any atom is 0.208 e. The Labute approximate surface area is 96.4 Å². The molecule has 1 heterocycles. The number of oxazole rings is 1. The summed E-state index contributed by atoms with van der Waals surface area (Å²) in [6.07, 6.45) is 3.84. The molecule has 1 saturated carbocycles. The Morgan fingerprint density at radius 3 is 2.81 bits per heavy atom. The fourth-order valence-electron chi connectivity index (χ4n) is 2.19. The molecule has 4 heteroatoms. The van der Waals surface area contributed by atoms with Gasteiger partial charge in [-0.1, -0.05) is 0 Å². The van der Waals surface area contributed by atoms with Crippen LogP contribution in [0.4, 0.5) is 0 Å². The van der Waals surface area contributed by atoms with Crippen molar-refractivity contribution in [2.75, 3.05) is 7.11 Å². The number of aromatic nitrogens is 1. The molecule has 1 aromatic heterocycles. The molecule has 1 aliphatic carbocycles. The van der Waals surface area contributed by atoms with E-state index in [2.05, 4.69) is 10.3 Å². The summed E-state index contributed by atoms with van der Waals surface area (Å²) in [5, 5.41) is 3.47. The number of aryl methyl sites for hydroxylation is 2. The normalized spacial score (nSPS) is 25.2. The monoisotopic (exact) mass is 224 g/mol. The van der Waals surface area contributed by atoms with E-state index in [1.165, 1.54) is 6.42 Å². The van der Waals surface area contributed by atoms with Gasteiger partial charge in [0.05, 0.1) is 18.3 Å². The molecule has 2 unspecified atom stereocenters. The summed E-state index contributed by atoms with van der Waals surface area (Å²) < 4.78 is 10.9. The first-order valence-corrected chi connectivity index (χ1v) is 5.88. The molecule has 0 amide bonds. The molecule has 90 valence electrons. The molecule has 16 heavy (non-hydrogen) atoms. The number of rotatable bonds is 4. The van der Waals surface area contributed by atoms with Gasteiger partial charge in [-0.3, -0.25) is 0 Å². The number of ether oxygens (including phenoxy) is 1. The molecule has 2 rings (SSSR count). The lowest BCUT2D eigenvalue weighted by Crippen LogP contribution is -2.26.